The molecular weight excluding hydrogens is 466 g/mol. The Morgan fingerprint density at radius 3 is 2.43 bits per heavy atom. The molecular formula is C26H27F4NO4. The molecule has 1 saturated heterocycles. The first kappa shape index (κ1) is 25.3. The predicted octanol–water partition coefficient (Wildman–Crippen LogP) is 5.24. The highest BCUT2D eigenvalue weighted by atomic mass is 19.4. The third-order valence-electron chi connectivity index (χ3n) is 6.44. The maximum atomic E-state index is 14.5. The predicted molar refractivity (Wildman–Crippen MR) is 123 cm³/mol. The molecule has 188 valence electrons. The molecule has 1 unspecified atom stereocenters. The van der Waals surface area contributed by atoms with Crippen molar-refractivity contribution in [3.8, 4) is 0 Å². The number of nitrogens with zero attached hydrogens (tertiary/aromatic N) is 1. The van der Waals surface area contributed by atoms with Gasteiger partial charge in [-0.15, -0.1) is 0 Å². The lowest BCUT2D eigenvalue weighted by atomic mass is 9.74. The van der Waals surface area contributed by atoms with Crippen molar-refractivity contribution in [2.24, 2.45) is 0 Å². The van der Waals surface area contributed by atoms with E-state index in [0.717, 1.165) is 0 Å². The number of aromatic nitrogens is 1. The maximum absolute atomic E-state index is 14.5. The zero-order chi connectivity index (χ0) is 25.4. The summed E-state index contributed by atoms with van der Waals surface area (Å²) in [6.07, 6.45) is -4.70. The topological polar surface area (TPSA) is 60.7 Å². The summed E-state index contributed by atoms with van der Waals surface area (Å²) in [7, 11) is 0. The van der Waals surface area contributed by atoms with Crippen molar-refractivity contribution < 1.29 is 32.1 Å². The highest BCUT2D eigenvalue weighted by Gasteiger charge is 2.56. The Kier molecular flexibility index (Phi) is 6.78. The number of alkyl halides is 3. The Bertz CT molecular complexity index is 1260. The largest absolute Gasteiger partial charge is 0.418 e. The number of para-hydroxylation sites is 1. The van der Waals surface area contributed by atoms with Crippen LogP contribution in [-0.4, -0.2) is 34.7 Å². The Hall–Kier alpha value is -2.75. The van der Waals surface area contributed by atoms with Crippen LogP contribution in [0.5, 0.6) is 0 Å². The van der Waals surface area contributed by atoms with Gasteiger partial charge in [0.05, 0.1) is 25.3 Å². The third-order valence-corrected chi connectivity index (χ3v) is 6.44. The van der Waals surface area contributed by atoms with Crippen LogP contribution in [0.1, 0.15) is 44.1 Å². The molecule has 0 spiro atoms. The van der Waals surface area contributed by atoms with E-state index in [1.54, 1.807) is 26.0 Å². The fraction of sp³-hybridized carbons (Fsp3) is 0.423. The van der Waals surface area contributed by atoms with Gasteiger partial charge in [-0.1, -0.05) is 32.0 Å². The summed E-state index contributed by atoms with van der Waals surface area (Å²) in [5.41, 5.74) is -3.87. The zero-order valence-corrected chi connectivity index (χ0v) is 19.4. The molecule has 3 aromatic rings. The van der Waals surface area contributed by atoms with Crippen molar-refractivity contribution in [3.05, 3.63) is 81.9 Å². The molecule has 0 aliphatic carbocycles. The molecule has 0 amide bonds. The van der Waals surface area contributed by atoms with E-state index in [-0.39, 0.29) is 21.9 Å². The number of hydrogen-bond donors (Lipinski definition) is 1. The fourth-order valence-corrected chi connectivity index (χ4v) is 4.57. The van der Waals surface area contributed by atoms with E-state index in [0.29, 0.717) is 25.2 Å². The van der Waals surface area contributed by atoms with E-state index < -0.39 is 42.3 Å². The molecule has 1 fully saturated rings. The summed E-state index contributed by atoms with van der Waals surface area (Å²) in [5, 5.41) is 11.3. The molecule has 0 radical (unpaired) electrons. The first-order valence-corrected chi connectivity index (χ1v) is 11.3. The van der Waals surface area contributed by atoms with Crippen molar-refractivity contribution in [3.63, 3.8) is 0 Å². The number of rotatable bonds is 6. The van der Waals surface area contributed by atoms with E-state index >= 15 is 0 Å². The lowest BCUT2D eigenvalue weighted by Crippen LogP contribution is -2.52. The van der Waals surface area contributed by atoms with Gasteiger partial charge < -0.3 is 19.1 Å². The van der Waals surface area contributed by atoms with Crippen molar-refractivity contribution in [1.82, 2.24) is 4.57 Å². The number of pyridine rings is 1. The molecule has 1 atom stereocenters. The van der Waals surface area contributed by atoms with E-state index in [2.05, 4.69) is 0 Å². The molecule has 5 nitrogen and oxygen atoms in total. The standard InChI is InChI=1S/C26H27F4NO4/c1-24(2,17-8-9-20(27)19(14-17)23-34-12-5-13-35-23)15-25(33,26(28,29)30)16-31-11-10-22(32)18-6-3-4-7-21(18)31/h3-4,6-11,14,23,33H,5,12-13,15-16H2,1-2H3. The van der Waals surface area contributed by atoms with Gasteiger partial charge in [0.2, 0.25) is 0 Å². The van der Waals surface area contributed by atoms with Crippen molar-refractivity contribution >= 4 is 10.9 Å². The fourth-order valence-electron chi connectivity index (χ4n) is 4.57. The van der Waals surface area contributed by atoms with E-state index in [4.69, 9.17) is 9.47 Å². The molecule has 1 aliphatic heterocycles. The molecule has 1 N–H and O–H groups in total. The van der Waals surface area contributed by atoms with Crippen LogP contribution in [0.4, 0.5) is 17.6 Å². The number of ether oxygens (including phenoxy) is 2. The first-order valence-electron chi connectivity index (χ1n) is 11.3. The summed E-state index contributed by atoms with van der Waals surface area (Å²) >= 11 is 0. The number of benzene rings is 2. The van der Waals surface area contributed by atoms with E-state index in [1.165, 1.54) is 47.2 Å². The molecule has 1 aliphatic rings. The van der Waals surface area contributed by atoms with Crippen LogP contribution in [0.15, 0.2) is 59.5 Å². The molecule has 2 aromatic carbocycles. The Morgan fingerprint density at radius 2 is 1.74 bits per heavy atom. The molecule has 0 bridgehead atoms. The van der Waals surface area contributed by atoms with Crippen molar-refractivity contribution in [2.45, 2.75) is 56.7 Å². The molecule has 1 aromatic heterocycles. The number of halogens is 4. The average Bonchev–Trinajstić information content (AvgIpc) is 2.81. The van der Waals surface area contributed by atoms with Gasteiger partial charge in [0, 0.05) is 23.2 Å². The second-order valence-corrected chi connectivity index (χ2v) is 9.58. The summed E-state index contributed by atoms with van der Waals surface area (Å²) in [6.45, 7) is 3.08. The highest BCUT2D eigenvalue weighted by molar-refractivity contribution is 5.78. The number of fused-ring (bicyclic) bond motifs is 1. The van der Waals surface area contributed by atoms with Crippen LogP contribution in [0, 0.1) is 5.82 Å². The van der Waals surface area contributed by atoms with E-state index in [9.17, 15) is 27.5 Å². The monoisotopic (exact) mass is 493 g/mol. The third kappa shape index (κ3) is 5.12. The maximum Gasteiger partial charge on any atom is 0.418 e. The van der Waals surface area contributed by atoms with Crippen LogP contribution in [0.25, 0.3) is 10.9 Å². The second-order valence-electron chi connectivity index (χ2n) is 9.58. The van der Waals surface area contributed by atoms with Crippen LogP contribution < -0.4 is 5.43 Å². The summed E-state index contributed by atoms with van der Waals surface area (Å²) in [4.78, 5) is 12.1. The minimum absolute atomic E-state index is 0.109. The van der Waals surface area contributed by atoms with Crippen LogP contribution >= 0.6 is 0 Å². The lowest BCUT2D eigenvalue weighted by Gasteiger charge is -2.39. The summed E-state index contributed by atoms with van der Waals surface area (Å²) in [6, 6.07) is 11.5. The van der Waals surface area contributed by atoms with Gasteiger partial charge in [-0.05, 0) is 48.1 Å². The minimum atomic E-state index is -4.98. The van der Waals surface area contributed by atoms with Gasteiger partial charge >= 0.3 is 6.18 Å². The zero-order valence-electron chi connectivity index (χ0n) is 19.4. The van der Waals surface area contributed by atoms with Crippen molar-refractivity contribution in [2.75, 3.05) is 13.2 Å². The highest BCUT2D eigenvalue weighted by Crippen LogP contribution is 2.43. The van der Waals surface area contributed by atoms with Crippen LogP contribution in [0.2, 0.25) is 0 Å². The SMILES string of the molecule is CC(C)(CC(O)(Cn1ccc(=O)c2ccccc21)C(F)(F)F)c1ccc(F)c(C2OCCCO2)c1. The number of hydrogen-bond acceptors (Lipinski definition) is 4. The normalized spacial score (nSPS) is 17.5. The molecule has 0 saturated carbocycles. The van der Waals surface area contributed by atoms with Gasteiger partial charge in [-0.3, -0.25) is 4.79 Å². The van der Waals surface area contributed by atoms with E-state index in [1.807, 2.05) is 0 Å². The molecule has 9 heteroatoms. The Balaban J connectivity index is 1.70. The Morgan fingerprint density at radius 1 is 1.06 bits per heavy atom. The quantitative estimate of drug-likeness (QED) is 0.478. The smallest absolute Gasteiger partial charge is 0.379 e. The van der Waals surface area contributed by atoms with Gasteiger partial charge in [0.1, 0.15) is 5.82 Å². The van der Waals surface area contributed by atoms with Crippen LogP contribution in [0.3, 0.4) is 0 Å². The second kappa shape index (κ2) is 9.37. The molecule has 4 rings (SSSR count). The van der Waals surface area contributed by atoms with Crippen molar-refractivity contribution in [1.29, 1.82) is 0 Å². The molecule has 35 heavy (non-hydrogen) atoms. The van der Waals surface area contributed by atoms with Gasteiger partial charge in [0.25, 0.3) is 0 Å². The minimum Gasteiger partial charge on any atom is -0.379 e. The van der Waals surface area contributed by atoms with Gasteiger partial charge in [0.15, 0.2) is 17.3 Å². The number of aliphatic hydroxyl groups is 1. The lowest BCUT2D eigenvalue weighted by molar-refractivity contribution is -0.271. The summed E-state index contributed by atoms with van der Waals surface area (Å²) in [5.74, 6) is -0.581. The average molecular weight is 493 g/mol. The van der Waals surface area contributed by atoms with Gasteiger partial charge in [-0.25, -0.2) is 4.39 Å². The van der Waals surface area contributed by atoms with Gasteiger partial charge in [-0.2, -0.15) is 13.2 Å². The Labute approximate surface area is 199 Å². The first-order chi connectivity index (χ1) is 16.4. The van der Waals surface area contributed by atoms with Crippen LogP contribution in [-0.2, 0) is 21.4 Å². The molecule has 2 heterocycles. The summed E-state index contributed by atoms with van der Waals surface area (Å²) < 4.78 is 69.7.